The molecule has 3 amide bonds. The molecule has 2 aliphatic carbocycles. The van der Waals surface area contributed by atoms with Crippen LogP contribution in [0.1, 0.15) is 80.8 Å². The lowest BCUT2D eigenvalue weighted by Crippen LogP contribution is -2.48. The number of piperidine rings is 1. The maximum Gasteiger partial charge on any atom is 0.317 e. The number of urea groups is 1. The van der Waals surface area contributed by atoms with Crippen LogP contribution in [0, 0.1) is 5.92 Å². The van der Waals surface area contributed by atoms with Gasteiger partial charge in [-0.2, -0.15) is 0 Å². The van der Waals surface area contributed by atoms with Crippen LogP contribution in [0.25, 0.3) is 0 Å². The van der Waals surface area contributed by atoms with E-state index in [0.29, 0.717) is 18.5 Å². The number of hydrogen-bond acceptors (Lipinski definition) is 4. The summed E-state index contributed by atoms with van der Waals surface area (Å²) >= 11 is 1.73. The fourth-order valence-electron chi connectivity index (χ4n) is 4.60. The highest BCUT2D eigenvalue weighted by Crippen LogP contribution is 2.31. The van der Waals surface area contributed by atoms with E-state index < -0.39 is 0 Å². The summed E-state index contributed by atoms with van der Waals surface area (Å²) in [4.78, 5) is 31.2. The molecular weight excluding hydrogens is 384 g/mol. The molecule has 7 heteroatoms. The van der Waals surface area contributed by atoms with Crippen LogP contribution in [-0.2, 0) is 11.2 Å². The number of amides is 3. The minimum atomic E-state index is 0.123. The Morgan fingerprint density at radius 1 is 1.03 bits per heavy atom. The van der Waals surface area contributed by atoms with Gasteiger partial charge in [0.1, 0.15) is 0 Å². The first-order valence-corrected chi connectivity index (χ1v) is 12.3. The lowest BCUT2D eigenvalue weighted by atomic mass is 9.85. The third kappa shape index (κ3) is 5.50. The van der Waals surface area contributed by atoms with E-state index >= 15 is 0 Å². The minimum Gasteiger partial charge on any atom is -0.355 e. The van der Waals surface area contributed by atoms with Gasteiger partial charge >= 0.3 is 6.03 Å². The second kappa shape index (κ2) is 9.92. The predicted octanol–water partition coefficient (Wildman–Crippen LogP) is 3.82. The summed E-state index contributed by atoms with van der Waals surface area (Å²) in [5.41, 5.74) is 1.08. The molecule has 0 unspecified atom stereocenters. The quantitative estimate of drug-likeness (QED) is 0.737. The first-order chi connectivity index (χ1) is 14.2. The van der Waals surface area contributed by atoms with Gasteiger partial charge in [-0.1, -0.05) is 25.7 Å². The van der Waals surface area contributed by atoms with Crippen molar-refractivity contribution in [3.63, 3.8) is 0 Å². The third-order valence-electron chi connectivity index (χ3n) is 6.79. The average Bonchev–Trinajstić information content (AvgIpc) is 3.16. The number of aromatic nitrogens is 1. The van der Waals surface area contributed by atoms with E-state index in [9.17, 15) is 9.59 Å². The summed E-state index contributed by atoms with van der Waals surface area (Å²) < 4.78 is 0. The van der Waals surface area contributed by atoms with Crippen molar-refractivity contribution in [1.29, 1.82) is 0 Å². The Balaban J connectivity index is 1.17. The molecule has 1 saturated heterocycles. The summed E-state index contributed by atoms with van der Waals surface area (Å²) in [5, 5.41) is 9.61. The van der Waals surface area contributed by atoms with Crippen LogP contribution in [0.4, 0.5) is 4.79 Å². The van der Waals surface area contributed by atoms with Gasteiger partial charge in [0.25, 0.3) is 0 Å². The molecule has 4 rings (SSSR count). The van der Waals surface area contributed by atoms with Crippen LogP contribution < -0.4 is 10.6 Å². The average molecular weight is 419 g/mol. The summed E-state index contributed by atoms with van der Waals surface area (Å²) in [7, 11) is 0. The standard InChI is InChI=1S/C22H34N4O2S/c27-20(16-5-4-6-16)23-12-9-19-15-29-21(24-19)17-10-13-26(14-11-17)22(28)25-18-7-2-1-3-8-18/h15-18H,1-14H2,(H,23,27)(H,25,28). The van der Waals surface area contributed by atoms with Gasteiger partial charge < -0.3 is 15.5 Å². The van der Waals surface area contributed by atoms with Crippen molar-refractivity contribution in [1.82, 2.24) is 20.5 Å². The normalized spacial score (nSPS) is 21.6. The number of carbonyl (C=O) groups excluding carboxylic acids is 2. The van der Waals surface area contributed by atoms with E-state index in [1.54, 1.807) is 11.3 Å². The molecule has 0 atom stereocenters. The second-order valence-corrected chi connectivity index (χ2v) is 9.78. The van der Waals surface area contributed by atoms with Crippen LogP contribution in [-0.4, -0.2) is 47.5 Å². The van der Waals surface area contributed by atoms with E-state index in [4.69, 9.17) is 4.98 Å². The molecule has 6 nitrogen and oxygen atoms in total. The Morgan fingerprint density at radius 2 is 1.79 bits per heavy atom. The van der Waals surface area contributed by atoms with Crippen LogP contribution in [0.2, 0.25) is 0 Å². The van der Waals surface area contributed by atoms with Crippen LogP contribution in [0.15, 0.2) is 5.38 Å². The molecule has 2 heterocycles. The van der Waals surface area contributed by atoms with Gasteiger partial charge in [-0.25, -0.2) is 9.78 Å². The maximum atomic E-state index is 12.5. The molecule has 2 N–H and O–H groups in total. The fourth-order valence-corrected chi connectivity index (χ4v) is 5.62. The molecule has 1 aromatic rings. The molecule has 3 fully saturated rings. The Labute approximate surface area is 177 Å². The second-order valence-electron chi connectivity index (χ2n) is 8.89. The number of hydrogen-bond donors (Lipinski definition) is 2. The first kappa shape index (κ1) is 20.6. The van der Waals surface area contributed by atoms with Crippen molar-refractivity contribution < 1.29 is 9.59 Å². The Bertz CT molecular complexity index is 689. The van der Waals surface area contributed by atoms with E-state index in [1.165, 1.54) is 30.7 Å². The van der Waals surface area contributed by atoms with Crippen molar-refractivity contribution in [2.24, 2.45) is 5.92 Å². The van der Waals surface area contributed by atoms with E-state index in [2.05, 4.69) is 16.0 Å². The predicted molar refractivity (Wildman–Crippen MR) is 115 cm³/mol. The topological polar surface area (TPSA) is 74.3 Å². The zero-order chi connectivity index (χ0) is 20.1. The van der Waals surface area contributed by atoms with Crippen LogP contribution >= 0.6 is 11.3 Å². The van der Waals surface area contributed by atoms with E-state index in [-0.39, 0.29) is 17.9 Å². The summed E-state index contributed by atoms with van der Waals surface area (Å²) in [6.45, 7) is 2.31. The molecule has 2 saturated carbocycles. The number of rotatable bonds is 6. The van der Waals surface area contributed by atoms with Crippen LogP contribution in [0.5, 0.6) is 0 Å². The van der Waals surface area contributed by atoms with Crippen molar-refractivity contribution in [3.05, 3.63) is 16.1 Å². The summed E-state index contributed by atoms with van der Waals surface area (Å²) in [6.07, 6.45) is 12.1. The Hall–Kier alpha value is -1.63. The molecule has 0 spiro atoms. The smallest absolute Gasteiger partial charge is 0.317 e. The van der Waals surface area contributed by atoms with Gasteiger partial charge in [-0.05, 0) is 38.5 Å². The van der Waals surface area contributed by atoms with Gasteiger partial charge in [-0.3, -0.25) is 4.79 Å². The molecule has 1 aliphatic heterocycles. The SMILES string of the molecule is O=C(NCCc1csc(C2CCN(C(=O)NC3CCCCC3)CC2)n1)C1CCC1. The number of nitrogens with zero attached hydrogens (tertiary/aromatic N) is 2. The molecule has 29 heavy (non-hydrogen) atoms. The molecular formula is C22H34N4O2S. The Kier molecular flexibility index (Phi) is 7.06. The summed E-state index contributed by atoms with van der Waals surface area (Å²) in [5.74, 6) is 0.920. The van der Waals surface area contributed by atoms with E-state index in [0.717, 1.165) is 63.7 Å². The Morgan fingerprint density at radius 3 is 2.48 bits per heavy atom. The highest BCUT2D eigenvalue weighted by Gasteiger charge is 2.27. The minimum absolute atomic E-state index is 0.123. The van der Waals surface area contributed by atoms with Gasteiger partial charge in [0.05, 0.1) is 10.7 Å². The molecule has 0 aromatic carbocycles. The monoisotopic (exact) mass is 418 g/mol. The van der Waals surface area contributed by atoms with Crippen molar-refractivity contribution >= 4 is 23.3 Å². The van der Waals surface area contributed by atoms with Gasteiger partial charge in [0.15, 0.2) is 0 Å². The molecule has 0 radical (unpaired) electrons. The lowest BCUT2D eigenvalue weighted by Gasteiger charge is -2.33. The number of likely N-dealkylation sites (tertiary alicyclic amines) is 1. The molecule has 1 aromatic heterocycles. The zero-order valence-corrected chi connectivity index (χ0v) is 18.1. The molecule has 160 valence electrons. The summed E-state index contributed by atoms with van der Waals surface area (Å²) in [6, 6.07) is 0.498. The number of thiazole rings is 1. The third-order valence-corrected chi connectivity index (χ3v) is 7.85. The first-order valence-electron chi connectivity index (χ1n) is 11.5. The highest BCUT2D eigenvalue weighted by molar-refractivity contribution is 7.09. The lowest BCUT2D eigenvalue weighted by molar-refractivity contribution is -0.127. The van der Waals surface area contributed by atoms with Gasteiger partial charge in [0, 0.05) is 49.3 Å². The van der Waals surface area contributed by atoms with Gasteiger partial charge in [-0.15, -0.1) is 11.3 Å². The van der Waals surface area contributed by atoms with Gasteiger partial charge in [0.2, 0.25) is 5.91 Å². The number of nitrogens with one attached hydrogen (secondary N) is 2. The van der Waals surface area contributed by atoms with Crippen molar-refractivity contribution in [3.8, 4) is 0 Å². The van der Waals surface area contributed by atoms with Crippen molar-refractivity contribution in [2.75, 3.05) is 19.6 Å². The largest absolute Gasteiger partial charge is 0.355 e. The molecule has 0 bridgehead atoms. The highest BCUT2D eigenvalue weighted by atomic mass is 32.1. The van der Waals surface area contributed by atoms with Crippen LogP contribution in [0.3, 0.4) is 0 Å². The maximum absolute atomic E-state index is 12.5. The van der Waals surface area contributed by atoms with E-state index in [1.807, 2.05) is 4.90 Å². The molecule has 3 aliphatic rings. The van der Waals surface area contributed by atoms with Crippen molar-refractivity contribution in [2.45, 2.75) is 82.6 Å². The number of carbonyl (C=O) groups is 2. The zero-order valence-electron chi connectivity index (χ0n) is 17.3. The fraction of sp³-hybridized carbons (Fsp3) is 0.773.